The Morgan fingerprint density at radius 2 is 1.00 bits per heavy atom. The molecule has 1 aromatic heterocycles. The fraction of sp³-hybridized carbons (Fsp3) is 0.0638. The van der Waals surface area contributed by atoms with Crippen molar-refractivity contribution >= 4 is 43.5 Å². The molecule has 0 spiro atoms. The number of furan rings is 1. The number of hydrogen-bond donors (Lipinski definition) is 3. The highest BCUT2D eigenvalue weighted by Gasteiger charge is 2.31. The van der Waals surface area contributed by atoms with Gasteiger partial charge in [-0.2, -0.15) is 0 Å². The van der Waals surface area contributed by atoms with Gasteiger partial charge in [0.1, 0.15) is 11.2 Å². The molecule has 0 saturated carbocycles. The molecule has 0 bridgehead atoms. The molecule has 1 fully saturated rings. The van der Waals surface area contributed by atoms with Crippen LogP contribution in [-0.2, 0) is 0 Å². The predicted octanol–water partition coefficient (Wildman–Crippen LogP) is 11.4. The van der Waals surface area contributed by atoms with E-state index in [9.17, 15) is 0 Å². The molecule has 1 aliphatic heterocycles. The number of rotatable bonds is 5. The van der Waals surface area contributed by atoms with Crippen LogP contribution in [-0.4, -0.2) is 0 Å². The third kappa shape index (κ3) is 5.38. The zero-order valence-electron chi connectivity index (χ0n) is 27.9. The van der Waals surface area contributed by atoms with Crippen molar-refractivity contribution in [1.29, 1.82) is 0 Å². The minimum Gasteiger partial charge on any atom is -0.455 e. The summed E-state index contributed by atoms with van der Waals surface area (Å²) in [4.78, 5) is 0. The van der Waals surface area contributed by atoms with Crippen LogP contribution in [0.15, 0.2) is 180 Å². The quantitative estimate of drug-likeness (QED) is 0.172. The highest BCUT2D eigenvalue weighted by Crippen LogP contribution is 2.40. The molecule has 0 radical (unpaired) electrons. The summed E-state index contributed by atoms with van der Waals surface area (Å²) in [7, 11) is 0. The average Bonchev–Trinajstić information content (AvgIpc) is 3.60. The van der Waals surface area contributed by atoms with Crippen molar-refractivity contribution in [3.63, 3.8) is 0 Å². The third-order valence-corrected chi connectivity index (χ3v) is 10.4. The summed E-state index contributed by atoms with van der Waals surface area (Å²) in [5.41, 5.74) is 9.96. The van der Waals surface area contributed by atoms with Crippen LogP contribution in [0.5, 0.6) is 0 Å². The highest BCUT2D eigenvalue weighted by molar-refractivity contribution is 6.11. The van der Waals surface area contributed by atoms with E-state index in [1.807, 2.05) is 6.07 Å². The van der Waals surface area contributed by atoms with Crippen LogP contribution in [0.3, 0.4) is 0 Å². The normalized spacial score (nSPS) is 17.8. The summed E-state index contributed by atoms with van der Waals surface area (Å²) in [5, 5.41) is 19.0. The molecule has 3 atom stereocenters. The van der Waals surface area contributed by atoms with Crippen LogP contribution >= 0.6 is 0 Å². The first-order valence-electron chi connectivity index (χ1n) is 17.6. The van der Waals surface area contributed by atoms with Gasteiger partial charge in [-0.3, -0.25) is 16.0 Å². The molecule has 2 heterocycles. The maximum atomic E-state index is 6.65. The lowest BCUT2D eigenvalue weighted by Crippen LogP contribution is -2.54. The largest absolute Gasteiger partial charge is 0.455 e. The van der Waals surface area contributed by atoms with Crippen molar-refractivity contribution in [3.05, 3.63) is 193 Å². The van der Waals surface area contributed by atoms with Crippen molar-refractivity contribution in [2.24, 2.45) is 0 Å². The van der Waals surface area contributed by atoms with E-state index in [0.717, 1.165) is 38.6 Å². The zero-order chi connectivity index (χ0) is 33.7. The number of nitrogens with one attached hydrogen (secondary N) is 3. The Kier molecular flexibility index (Phi) is 7.24. The van der Waals surface area contributed by atoms with Crippen LogP contribution in [0.25, 0.3) is 65.7 Å². The Balaban J connectivity index is 1.06. The fourth-order valence-corrected chi connectivity index (χ4v) is 7.79. The molecular weight excluding hydrogens is 623 g/mol. The van der Waals surface area contributed by atoms with Gasteiger partial charge in [-0.25, -0.2) is 0 Å². The molecule has 244 valence electrons. The van der Waals surface area contributed by atoms with Gasteiger partial charge in [-0.05, 0) is 73.1 Å². The van der Waals surface area contributed by atoms with Gasteiger partial charge in [-0.15, -0.1) is 0 Å². The Morgan fingerprint density at radius 1 is 0.392 bits per heavy atom. The lowest BCUT2D eigenvalue weighted by molar-refractivity contribution is 0.204. The summed E-state index contributed by atoms with van der Waals surface area (Å²) in [5.74, 6) is 0. The van der Waals surface area contributed by atoms with Gasteiger partial charge in [-0.1, -0.05) is 158 Å². The second-order valence-corrected chi connectivity index (χ2v) is 13.5. The van der Waals surface area contributed by atoms with Gasteiger partial charge >= 0.3 is 0 Å². The number of fused-ring (bicyclic) bond motifs is 5. The van der Waals surface area contributed by atoms with Crippen LogP contribution < -0.4 is 16.0 Å². The van der Waals surface area contributed by atoms with Crippen molar-refractivity contribution in [2.45, 2.75) is 18.5 Å². The summed E-state index contributed by atoms with van der Waals surface area (Å²) >= 11 is 0. The van der Waals surface area contributed by atoms with E-state index in [-0.39, 0.29) is 18.5 Å². The number of hydrogen-bond acceptors (Lipinski definition) is 4. The smallest absolute Gasteiger partial charge is 0.143 e. The van der Waals surface area contributed by atoms with Crippen LogP contribution in [0.4, 0.5) is 0 Å². The van der Waals surface area contributed by atoms with Crippen LogP contribution in [0, 0.1) is 0 Å². The SMILES string of the molecule is c1ccc(-c2cccc3c2oc2cccc(C4NC(c5ccc(-c6ccc7ccccc7c6)cc5)NC(c5ccc6ccccc6c5)N4)c23)cc1. The lowest BCUT2D eigenvalue weighted by atomic mass is 9.97. The van der Waals surface area contributed by atoms with E-state index in [1.54, 1.807) is 0 Å². The van der Waals surface area contributed by atoms with E-state index >= 15 is 0 Å². The molecule has 10 rings (SSSR count). The van der Waals surface area contributed by atoms with E-state index in [0.29, 0.717) is 0 Å². The average molecular weight is 658 g/mol. The van der Waals surface area contributed by atoms with Crippen molar-refractivity contribution in [1.82, 2.24) is 16.0 Å². The molecule has 0 aliphatic carbocycles. The van der Waals surface area contributed by atoms with E-state index in [4.69, 9.17) is 4.42 Å². The number of para-hydroxylation sites is 1. The molecule has 4 heteroatoms. The zero-order valence-corrected chi connectivity index (χ0v) is 27.9. The minimum atomic E-state index is -0.169. The maximum absolute atomic E-state index is 6.65. The topological polar surface area (TPSA) is 49.2 Å². The summed E-state index contributed by atoms with van der Waals surface area (Å²) in [6.45, 7) is 0. The molecule has 4 nitrogen and oxygen atoms in total. The van der Waals surface area contributed by atoms with E-state index in [1.165, 1.54) is 43.8 Å². The van der Waals surface area contributed by atoms with E-state index in [2.05, 4.69) is 186 Å². The van der Waals surface area contributed by atoms with Crippen molar-refractivity contribution in [2.75, 3.05) is 0 Å². The van der Waals surface area contributed by atoms with Gasteiger partial charge in [0.2, 0.25) is 0 Å². The molecule has 1 aliphatic rings. The van der Waals surface area contributed by atoms with Gasteiger partial charge < -0.3 is 4.42 Å². The predicted molar refractivity (Wildman–Crippen MR) is 210 cm³/mol. The fourth-order valence-electron chi connectivity index (χ4n) is 7.79. The first-order valence-corrected chi connectivity index (χ1v) is 17.6. The first kappa shape index (κ1) is 29.8. The summed E-state index contributed by atoms with van der Waals surface area (Å²) in [6.07, 6.45) is -0.399. The lowest BCUT2D eigenvalue weighted by Gasteiger charge is -2.40. The van der Waals surface area contributed by atoms with Gasteiger partial charge in [0.25, 0.3) is 0 Å². The standard InChI is InChI=1S/C47H35N3O/c1-2-12-33(13-3-1)39-16-8-17-40-43-41(18-9-19-42(43)51-44(39)40)47-49-45(48-46(50-47)38-27-23-31-11-5-7-15-36(31)29-38)34-24-20-32(21-25-34)37-26-22-30-10-4-6-14-35(30)28-37/h1-29,45-50H. The maximum Gasteiger partial charge on any atom is 0.143 e. The van der Waals surface area contributed by atoms with E-state index < -0.39 is 0 Å². The molecule has 3 N–H and O–H groups in total. The summed E-state index contributed by atoms with van der Waals surface area (Å²) in [6, 6.07) is 62.8. The van der Waals surface area contributed by atoms with Crippen LogP contribution in [0.2, 0.25) is 0 Å². The molecule has 0 amide bonds. The third-order valence-electron chi connectivity index (χ3n) is 10.4. The molecule has 9 aromatic rings. The Bertz CT molecular complexity index is 2700. The number of benzene rings is 8. The van der Waals surface area contributed by atoms with Gasteiger partial charge in [0.15, 0.2) is 0 Å². The molecule has 8 aromatic carbocycles. The highest BCUT2D eigenvalue weighted by atomic mass is 16.3. The van der Waals surface area contributed by atoms with Crippen LogP contribution in [0.1, 0.15) is 35.2 Å². The van der Waals surface area contributed by atoms with Crippen molar-refractivity contribution in [3.8, 4) is 22.3 Å². The molecule has 1 saturated heterocycles. The first-order chi connectivity index (χ1) is 25.2. The molecule has 3 unspecified atom stereocenters. The van der Waals surface area contributed by atoms with Gasteiger partial charge in [0.05, 0.1) is 18.5 Å². The Hall–Kier alpha value is -6.04. The second-order valence-electron chi connectivity index (χ2n) is 13.5. The monoisotopic (exact) mass is 657 g/mol. The van der Waals surface area contributed by atoms with Crippen molar-refractivity contribution < 1.29 is 4.42 Å². The Morgan fingerprint density at radius 3 is 1.78 bits per heavy atom. The Labute approximate surface area is 296 Å². The minimum absolute atomic E-state index is 0.112. The molecular formula is C47H35N3O. The van der Waals surface area contributed by atoms with Gasteiger partial charge in [0, 0.05) is 16.3 Å². The molecule has 51 heavy (non-hydrogen) atoms. The second kappa shape index (κ2) is 12.4. The summed E-state index contributed by atoms with van der Waals surface area (Å²) < 4.78 is 6.65.